The monoisotopic (exact) mass is 214 g/mol. The molecule has 0 aliphatic rings. The fraction of sp³-hybridized carbons (Fsp3) is 0.300. The second-order valence-electron chi connectivity index (χ2n) is 2.98. The Kier molecular flexibility index (Phi) is 3.36. The van der Waals surface area contributed by atoms with Crippen molar-refractivity contribution >= 4 is 17.6 Å². The van der Waals surface area contributed by atoms with Gasteiger partial charge >= 0.3 is 5.97 Å². The molecule has 2 N–H and O–H groups in total. The molecule has 14 heavy (non-hydrogen) atoms. The summed E-state index contributed by atoms with van der Waals surface area (Å²) in [5.41, 5.74) is 0.663. The smallest absolute Gasteiger partial charge is 0.336 e. The van der Waals surface area contributed by atoms with E-state index in [1.54, 1.807) is 0 Å². The summed E-state index contributed by atoms with van der Waals surface area (Å²) in [6, 6.07) is 2.67. The number of halogens is 1. The van der Waals surface area contributed by atoms with Gasteiger partial charge in [-0.3, -0.25) is 0 Å². The van der Waals surface area contributed by atoms with Gasteiger partial charge in [0.05, 0.1) is 10.6 Å². The highest BCUT2D eigenvalue weighted by atomic mass is 35.5. The Hall–Kier alpha value is -1.22. The first-order valence-corrected chi connectivity index (χ1v) is 4.69. The summed E-state index contributed by atoms with van der Waals surface area (Å²) in [5, 5.41) is 18.3. The molecule has 76 valence electrons. The van der Waals surface area contributed by atoms with Crippen LogP contribution in [-0.4, -0.2) is 16.2 Å². The average Bonchev–Trinajstić information content (AvgIpc) is 2.13. The number of hydrogen-bond donors (Lipinski definition) is 2. The van der Waals surface area contributed by atoms with Crippen molar-refractivity contribution in [3.63, 3.8) is 0 Å². The van der Waals surface area contributed by atoms with Gasteiger partial charge in [-0.1, -0.05) is 24.9 Å². The van der Waals surface area contributed by atoms with Crippen LogP contribution in [0.5, 0.6) is 5.75 Å². The van der Waals surface area contributed by atoms with Crippen LogP contribution in [0.25, 0.3) is 0 Å². The third-order valence-electron chi connectivity index (χ3n) is 1.95. The van der Waals surface area contributed by atoms with E-state index in [4.69, 9.17) is 16.7 Å². The molecule has 4 heteroatoms. The molecule has 0 spiro atoms. The lowest BCUT2D eigenvalue weighted by Gasteiger charge is -2.08. The van der Waals surface area contributed by atoms with Gasteiger partial charge in [0.15, 0.2) is 0 Å². The highest BCUT2D eigenvalue weighted by Gasteiger charge is 2.15. The zero-order valence-corrected chi connectivity index (χ0v) is 8.51. The second-order valence-corrected chi connectivity index (χ2v) is 3.36. The summed E-state index contributed by atoms with van der Waals surface area (Å²) in [6.45, 7) is 1.92. The molecule has 0 heterocycles. The predicted octanol–water partition coefficient (Wildman–Crippen LogP) is 2.70. The maximum absolute atomic E-state index is 10.8. The fourth-order valence-electron chi connectivity index (χ4n) is 1.30. The zero-order chi connectivity index (χ0) is 10.7. The third-order valence-corrected chi connectivity index (χ3v) is 2.37. The number of carbonyl (C=O) groups is 1. The van der Waals surface area contributed by atoms with Crippen molar-refractivity contribution in [1.82, 2.24) is 0 Å². The molecule has 1 aromatic carbocycles. The van der Waals surface area contributed by atoms with Crippen molar-refractivity contribution in [2.75, 3.05) is 0 Å². The number of hydrogen-bond acceptors (Lipinski definition) is 2. The van der Waals surface area contributed by atoms with E-state index in [0.29, 0.717) is 12.0 Å². The van der Waals surface area contributed by atoms with Crippen molar-refractivity contribution in [2.24, 2.45) is 0 Å². The minimum atomic E-state index is -1.02. The topological polar surface area (TPSA) is 57.5 Å². The van der Waals surface area contributed by atoms with Gasteiger partial charge in [0.2, 0.25) is 0 Å². The normalized spacial score (nSPS) is 10.1. The first-order valence-electron chi connectivity index (χ1n) is 4.31. The van der Waals surface area contributed by atoms with Crippen molar-refractivity contribution in [1.29, 1.82) is 0 Å². The van der Waals surface area contributed by atoms with Crippen LogP contribution in [0.4, 0.5) is 0 Å². The molecule has 0 saturated heterocycles. The number of aromatic carboxylic acids is 1. The van der Waals surface area contributed by atoms with Crippen molar-refractivity contribution in [3.05, 3.63) is 28.3 Å². The Labute approximate surface area is 86.9 Å². The highest BCUT2D eigenvalue weighted by molar-refractivity contribution is 6.33. The molecule has 0 radical (unpaired) electrons. The lowest BCUT2D eigenvalue weighted by molar-refractivity contribution is 0.0695. The molecule has 0 aliphatic carbocycles. The molecule has 3 nitrogen and oxygen atoms in total. The summed E-state index contributed by atoms with van der Waals surface area (Å²) in [7, 11) is 0. The molecule has 0 aliphatic heterocycles. The van der Waals surface area contributed by atoms with Gasteiger partial charge in [0, 0.05) is 0 Å². The lowest BCUT2D eigenvalue weighted by atomic mass is 10.0. The molecular weight excluding hydrogens is 204 g/mol. The quantitative estimate of drug-likeness (QED) is 0.814. The van der Waals surface area contributed by atoms with Gasteiger partial charge in [0.25, 0.3) is 0 Å². The average molecular weight is 215 g/mol. The van der Waals surface area contributed by atoms with E-state index in [1.807, 2.05) is 6.92 Å². The summed E-state index contributed by atoms with van der Waals surface area (Å²) in [5.74, 6) is -1.09. The number of benzene rings is 1. The van der Waals surface area contributed by atoms with Gasteiger partial charge in [-0.15, -0.1) is 0 Å². The van der Waals surface area contributed by atoms with E-state index in [9.17, 15) is 9.90 Å². The first-order chi connectivity index (χ1) is 6.57. The molecule has 0 fully saturated rings. The number of aromatic hydroxyl groups is 1. The van der Waals surface area contributed by atoms with Crippen LogP contribution >= 0.6 is 11.6 Å². The summed E-state index contributed by atoms with van der Waals surface area (Å²) in [4.78, 5) is 10.8. The molecule has 1 aromatic rings. The second kappa shape index (κ2) is 4.33. The number of carboxylic acid groups (broad SMARTS) is 1. The van der Waals surface area contributed by atoms with E-state index >= 15 is 0 Å². The van der Waals surface area contributed by atoms with E-state index in [0.717, 1.165) is 6.42 Å². The Morgan fingerprint density at radius 1 is 1.50 bits per heavy atom. The Bertz CT molecular complexity index is 361. The van der Waals surface area contributed by atoms with Crippen LogP contribution in [-0.2, 0) is 6.42 Å². The lowest BCUT2D eigenvalue weighted by Crippen LogP contribution is -2.03. The van der Waals surface area contributed by atoms with Gasteiger partial charge in [-0.2, -0.15) is 0 Å². The summed E-state index contributed by atoms with van der Waals surface area (Å²) < 4.78 is 0. The highest BCUT2D eigenvalue weighted by Crippen LogP contribution is 2.30. The van der Waals surface area contributed by atoms with E-state index in [-0.39, 0.29) is 16.3 Å². The van der Waals surface area contributed by atoms with Crippen LogP contribution in [0.15, 0.2) is 12.1 Å². The molecule has 0 amide bonds. The van der Waals surface area contributed by atoms with E-state index < -0.39 is 5.97 Å². The van der Waals surface area contributed by atoms with E-state index in [2.05, 4.69) is 0 Å². The Morgan fingerprint density at radius 2 is 2.14 bits per heavy atom. The third kappa shape index (κ3) is 1.99. The molecule has 1 rings (SSSR count). The first kappa shape index (κ1) is 10.9. The fourth-order valence-corrected chi connectivity index (χ4v) is 1.56. The van der Waals surface area contributed by atoms with Gasteiger partial charge < -0.3 is 10.2 Å². The standard InChI is InChI=1S/C10H11ClO3/c1-2-3-6-7(10(13)14)4-5-8(12)9(6)11/h4-5,12H,2-3H2,1H3,(H,13,14). The molecule has 0 aromatic heterocycles. The molecule has 0 saturated carbocycles. The van der Waals surface area contributed by atoms with Crippen LogP contribution < -0.4 is 0 Å². The molecular formula is C10H11ClO3. The van der Waals surface area contributed by atoms with Gasteiger partial charge in [-0.25, -0.2) is 4.79 Å². The van der Waals surface area contributed by atoms with Crippen LogP contribution in [0.1, 0.15) is 29.3 Å². The number of phenolic OH excluding ortho intramolecular Hbond substituents is 1. The van der Waals surface area contributed by atoms with Crippen LogP contribution in [0.3, 0.4) is 0 Å². The van der Waals surface area contributed by atoms with Crippen molar-refractivity contribution in [2.45, 2.75) is 19.8 Å². The summed E-state index contributed by atoms with van der Waals surface area (Å²) in [6.07, 6.45) is 1.33. The number of carboxylic acids is 1. The minimum absolute atomic E-state index is 0.0693. The number of rotatable bonds is 3. The summed E-state index contributed by atoms with van der Waals surface area (Å²) >= 11 is 5.81. The van der Waals surface area contributed by atoms with Crippen molar-refractivity contribution in [3.8, 4) is 5.75 Å². The molecule has 0 unspecified atom stereocenters. The van der Waals surface area contributed by atoms with Crippen LogP contribution in [0.2, 0.25) is 5.02 Å². The van der Waals surface area contributed by atoms with Gasteiger partial charge in [-0.05, 0) is 24.1 Å². The predicted molar refractivity (Wildman–Crippen MR) is 54.1 cm³/mol. The SMILES string of the molecule is CCCc1c(C(=O)O)ccc(O)c1Cl. The van der Waals surface area contributed by atoms with Crippen molar-refractivity contribution < 1.29 is 15.0 Å². The van der Waals surface area contributed by atoms with Gasteiger partial charge in [0.1, 0.15) is 5.75 Å². The maximum atomic E-state index is 10.8. The Morgan fingerprint density at radius 3 is 2.64 bits per heavy atom. The molecule has 0 bridgehead atoms. The van der Waals surface area contributed by atoms with Crippen LogP contribution in [0, 0.1) is 0 Å². The largest absolute Gasteiger partial charge is 0.506 e. The Balaban J connectivity index is 3.29. The molecule has 0 atom stereocenters. The maximum Gasteiger partial charge on any atom is 0.336 e. The zero-order valence-electron chi connectivity index (χ0n) is 7.75. The minimum Gasteiger partial charge on any atom is -0.506 e. The number of phenols is 1. The van der Waals surface area contributed by atoms with E-state index in [1.165, 1.54) is 12.1 Å².